The maximum Gasteiger partial charge on any atom is 0.0663 e. The molecule has 1 nitrogen and oxygen atoms in total. The number of hydrogen-bond acceptors (Lipinski definition) is 1. The zero-order valence-electron chi connectivity index (χ0n) is 7.68. The number of aliphatic hydroxyl groups is 1. The smallest absolute Gasteiger partial charge is 0.0663 e. The Kier molecular flexibility index (Phi) is 2.09. The molecular weight excluding hydrogens is 184 g/mol. The Labute approximate surface area is 83.3 Å². The van der Waals surface area contributed by atoms with Gasteiger partial charge in [0, 0.05) is 11.4 Å². The number of halogens is 1. The topological polar surface area (TPSA) is 20.2 Å². The second kappa shape index (κ2) is 3.00. The average Bonchev–Trinajstić information content (AvgIpc) is 2.06. The molecule has 0 aromatic heterocycles. The van der Waals surface area contributed by atoms with E-state index < -0.39 is 5.60 Å². The highest BCUT2D eigenvalue weighted by molar-refractivity contribution is 6.31. The summed E-state index contributed by atoms with van der Waals surface area (Å²) in [6.07, 6.45) is 2.45. The van der Waals surface area contributed by atoms with Gasteiger partial charge in [-0.3, -0.25) is 0 Å². The first-order chi connectivity index (χ1) is 6.08. The summed E-state index contributed by atoms with van der Waals surface area (Å²) in [4.78, 5) is 0. The third-order valence-electron chi connectivity index (χ3n) is 2.71. The van der Waals surface area contributed by atoms with Gasteiger partial charge in [-0.15, -0.1) is 0 Å². The summed E-state index contributed by atoms with van der Waals surface area (Å²) >= 11 is 6.06. The first kappa shape index (κ1) is 9.04. The van der Waals surface area contributed by atoms with Crippen LogP contribution in [0.1, 0.15) is 24.5 Å². The molecule has 0 amide bonds. The minimum absolute atomic E-state index is 0.571. The maximum atomic E-state index is 9.89. The van der Waals surface area contributed by atoms with Crippen LogP contribution < -0.4 is 0 Å². The molecule has 0 fully saturated rings. The Morgan fingerprint density at radius 1 is 1.46 bits per heavy atom. The lowest BCUT2D eigenvalue weighted by Gasteiger charge is -2.30. The summed E-state index contributed by atoms with van der Waals surface area (Å²) in [6.45, 7) is 1.87. The fourth-order valence-electron chi connectivity index (χ4n) is 1.91. The summed E-state index contributed by atoms with van der Waals surface area (Å²) in [5.41, 5.74) is 1.84. The van der Waals surface area contributed by atoms with Gasteiger partial charge in [-0.2, -0.15) is 0 Å². The molecule has 0 spiro atoms. The zero-order valence-corrected chi connectivity index (χ0v) is 8.43. The molecule has 0 bridgehead atoms. The molecule has 0 aliphatic heterocycles. The van der Waals surface area contributed by atoms with Crippen molar-refractivity contribution < 1.29 is 5.11 Å². The van der Waals surface area contributed by atoms with Crippen molar-refractivity contribution in [2.75, 3.05) is 0 Å². The van der Waals surface area contributed by atoms with Crippen molar-refractivity contribution in [3.05, 3.63) is 34.3 Å². The van der Waals surface area contributed by atoms with E-state index in [2.05, 4.69) is 6.07 Å². The van der Waals surface area contributed by atoms with Gasteiger partial charge in [0.2, 0.25) is 0 Å². The lowest BCUT2D eigenvalue weighted by atomic mass is 9.82. The molecule has 2 rings (SSSR count). The van der Waals surface area contributed by atoms with E-state index >= 15 is 0 Å². The lowest BCUT2D eigenvalue weighted by molar-refractivity contribution is 0.0459. The number of benzene rings is 1. The van der Waals surface area contributed by atoms with Crippen LogP contribution in [0, 0.1) is 0 Å². The quantitative estimate of drug-likeness (QED) is 0.676. The molecule has 1 N–H and O–H groups in total. The van der Waals surface area contributed by atoms with Crippen LogP contribution in [0.3, 0.4) is 0 Å². The molecular formula is C11H13ClO. The van der Waals surface area contributed by atoms with E-state index in [-0.39, 0.29) is 0 Å². The summed E-state index contributed by atoms with van der Waals surface area (Å²) in [5.74, 6) is 0. The minimum Gasteiger partial charge on any atom is -0.390 e. The summed E-state index contributed by atoms with van der Waals surface area (Å²) in [6, 6.07) is 5.96. The van der Waals surface area contributed by atoms with Crippen LogP contribution in [0.4, 0.5) is 0 Å². The molecule has 0 radical (unpaired) electrons. The van der Waals surface area contributed by atoms with Crippen LogP contribution >= 0.6 is 11.6 Å². The normalized spacial score (nSPS) is 27.0. The fourth-order valence-corrected chi connectivity index (χ4v) is 2.17. The summed E-state index contributed by atoms with van der Waals surface area (Å²) in [7, 11) is 0. The van der Waals surface area contributed by atoms with Gasteiger partial charge in [-0.1, -0.05) is 23.7 Å². The second-order valence-corrected chi connectivity index (χ2v) is 4.46. The van der Waals surface area contributed by atoms with Crippen molar-refractivity contribution in [3.63, 3.8) is 0 Å². The first-order valence-corrected chi connectivity index (χ1v) is 4.95. The highest BCUT2D eigenvalue weighted by atomic mass is 35.5. The van der Waals surface area contributed by atoms with Gasteiger partial charge < -0.3 is 5.11 Å². The van der Waals surface area contributed by atoms with Crippen LogP contribution in [-0.4, -0.2) is 10.7 Å². The molecule has 1 unspecified atom stereocenters. The fraction of sp³-hybridized carbons (Fsp3) is 0.455. The molecule has 1 atom stereocenters. The maximum absolute atomic E-state index is 9.89. The van der Waals surface area contributed by atoms with Gasteiger partial charge >= 0.3 is 0 Å². The predicted octanol–water partition coefficient (Wildman–Crippen LogP) is 2.58. The Morgan fingerprint density at radius 3 is 3.00 bits per heavy atom. The molecule has 2 heteroatoms. The van der Waals surface area contributed by atoms with Crippen LogP contribution in [-0.2, 0) is 12.8 Å². The van der Waals surface area contributed by atoms with E-state index in [0.717, 1.165) is 23.4 Å². The average molecular weight is 197 g/mol. The highest BCUT2D eigenvalue weighted by Crippen LogP contribution is 2.32. The molecule has 0 heterocycles. The minimum atomic E-state index is -0.571. The lowest BCUT2D eigenvalue weighted by Crippen LogP contribution is -2.32. The van der Waals surface area contributed by atoms with E-state index in [1.165, 1.54) is 5.56 Å². The van der Waals surface area contributed by atoms with Gasteiger partial charge in [0.1, 0.15) is 0 Å². The molecule has 1 aliphatic rings. The third-order valence-corrected chi connectivity index (χ3v) is 3.06. The Balaban J connectivity index is 2.44. The number of rotatable bonds is 0. The SMILES string of the molecule is CC1(O)CCc2cccc(Cl)c2C1. The molecule has 1 aromatic carbocycles. The van der Waals surface area contributed by atoms with E-state index in [1.54, 1.807) is 0 Å². The number of fused-ring (bicyclic) bond motifs is 1. The van der Waals surface area contributed by atoms with Gasteiger partial charge in [0.05, 0.1) is 5.60 Å². The number of aryl methyl sites for hydroxylation is 1. The molecule has 0 saturated heterocycles. The van der Waals surface area contributed by atoms with Crippen LogP contribution in [0.15, 0.2) is 18.2 Å². The van der Waals surface area contributed by atoms with Crippen molar-refractivity contribution in [1.29, 1.82) is 0 Å². The summed E-state index contributed by atoms with van der Waals surface area (Å²) in [5, 5.41) is 10.7. The highest BCUT2D eigenvalue weighted by Gasteiger charge is 2.28. The monoisotopic (exact) mass is 196 g/mol. The standard InChI is InChI=1S/C11H13ClO/c1-11(13)6-5-8-3-2-4-10(12)9(8)7-11/h2-4,13H,5-7H2,1H3. The van der Waals surface area contributed by atoms with Crippen LogP contribution in [0.2, 0.25) is 5.02 Å². The largest absolute Gasteiger partial charge is 0.390 e. The first-order valence-electron chi connectivity index (χ1n) is 4.57. The van der Waals surface area contributed by atoms with Gasteiger partial charge in [-0.25, -0.2) is 0 Å². The molecule has 1 aliphatic carbocycles. The summed E-state index contributed by atoms with van der Waals surface area (Å²) < 4.78 is 0. The molecule has 13 heavy (non-hydrogen) atoms. The van der Waals surface area contributed by atoms with Gasteiger partial charge in [0.25, 0.3) is 0 Å². The molecule has 70 valence electrons. The van der Waals surface area contributed by atoms with Crippen molar-refractivity contribution >= 4 is 11.6 Å². The van der Waals surface area contributed by atoms with E-state index in [9.17, 15) is 5.11 Å². The second-order valence-electron chi connectivity index (χ2n) is 4.05. The Bertz CT molecular complexity index is 331. The molecule has 0 saturated carbocycles. The van der Waals surface area contributed by atoms with E-state index in [0.29, 0.717) is 6.42 Å². The van der Waals surface area contributed by atoms with Crippen molar-refractivity contribution in [2.24, 2.45) is 0 Å². The van der Waals surface area contributed by atoms with Gasteiger partial charge in [0.15, 0.2) is 0 Å². The predicted molar refractivity (Wildman–Crippen MR) is 54.1 cm³/mol. The molecule has 1 aromatic rings. The van der Waals surface area contributed by atoms with Crippen molar-refractivity contribution in [1.82, 2.24) is 0 Å². The van der Waals surface area contributed by atoms with Crippen LogP contribution in [0.5, 0.6) is 0 Å². The third kappa shape index (κ3) is 1.72. The van der Waals surface area contributed by atoms with Crippen molar-refractivity contribution in [3.8, 4) is 0 Å². The van der Waals surface area contributed by atoms with E-state index in [1.807, 2.05) is 19.1 Å². The van der Waals surface area contributed by atoms with E-state index in [4.69, 9.17) is 11.6 Å². The van der Waals surface area contributed by atoms with Crippen LogP contribution in [0.25, 0.3) is 0 Å². The van der Waals surface area contributed by atoms with Crippen molar-refractivity contribution in [2.45, 2.75) is 31.8 Å². The Hall–Kier alpha value is -0.530. The zero-order chi connectivity index (χ0) is 9.47. The Morgan fingerprint density at radius 2 is 2.23 bits per heavy atom. The van der Waals surface area contributed by atoms with Gasteiger partial charge in [-0.05, 0) is 37.0 Å². The number of hydrogen-bond donors (Lipinski definition) is 1.